The number of rotatable bonds is 4. The van der Waals surface area contributed by atoms with E-state index in [9.17, 15) is 9.50 Å². The Kier molecular flexibility index (Phi) is 4.86. The zero-order chi connectivity index (χ0) is 17.2. The minimum Gasteiger partial charge on any atom is -0.390 e. The van der Waals surface area contributed by atoms with Crippen molar-refractivity contribution in [2.24, 2.45) is 0 Å². The third-order valence-corrected chi connectivity index (χ3v) is 4.55. The number of aromatic nitrogens is 1. The molecule has 1 atom stereocenters. The molecule has 1 unspecified atom stereocenters. The molecule has 24 heavy (non-hydrogen) atoms. The molecule has 1 saturated heterocycles. The van der Waals surface area contributed by atoms with Crippen LogP contribution in [0.5, 0.6) is 0 Å². The second-order valence-electron chi connectivity index (χ2n) is 7.32. The zero-order valence-corrected chi connectivity index (χ0v) is 14.4. The number of benzene rings is 1. The van der Waals surface area contributed by atoms with Gasteiger partial charge in [0.25, 0.3) is 0 Å². The van der Waals surface area contributed by atoms with Crippen molar-refractivity contribution in [3.8, 4) is 0 Å². The highest BCUT2D eigenvalue weighted by Gasteiger charge is 2.24. The molecule has 2 heterocycles. The van der Waals surface area contributed by atoms with Gasteiger partial charge in [0.05, 0.1) is 5.60 Å². The first-order valence-corrected chi connectivity index (χ1v) is 8.59. The fraction of sp³-hybridized carbons (Fsp3) is 0.450. The van der Waals surface area contributed by atoms with Crippen molar-refractivity contribution in [3.05, 3.63) is 59.5 Å². The summed E-state index contributed by atoms with van der Waals surface area (Å²) in [4.78, 5) is 6.26. The highest BCUT2D eigenvalue weighted by Crippen LogP contribution is 2.30. The summed E-state index contributed by atoms with van der Waals surface area (Å²) < 4.78 is 14.0. The molecule has 4 heteroatoms. The molecule has 1 aliphatic heterocycles. The van der Waals surface area contributed by atoms with Gasteiger partial charge in [0, 0.05) is 31.6 Å². The van der Waals surface area contributed by atoms with Gasteiger partial charge in [-0.25, -0.2) is 9.37 Å². The number of halogens is 1. The maximum absolute atomic E-state index is 14.0. The third kappa shape index (κ3) is 4.12. The van der Waals surface area contributed by atoms with Crippen LogP contribution in [0.15, 0.2) is 42.6 Å². The van der Waals surface area contributed by atoms with E-state index < -0.39 is 5.60 Å². The van der Waals surface area contributed by atoms with E-state index in [1.807, 2.05) is 18.7 Å². The van der Waals surface area contributed by atoms with Crippen LogP contribution in [0.4, 0.5) is 10.2 Å². The maximum Gasteiger partial charge on any atom is 0.165 e. The lowest BCUT2D eigenvalue weighted by atomic mass is 9.89. The summed E-state index contributed by atoms with van der Waals surface area (Å²) in [5.74, 6) is 0.593. The van der Waals surface area contributed by atoms with Crippen molar-refractivity contribution in [2.45, 2.75) is 44.6 Å². The average Bonchev–Trinajstić information content (AvgIpc) is 2.55. The van der Waals surface area contributed by atoms with Gasteiger partial charge in [0.2, 0.25) is 0 Å². The van der Waals surface area contributed by atoms with Crippen LogP contribution >= 0.6 is 0 Å². The number of pyridine rings is 1. The standard InChI is InChI=1S/C20H25FN2O/c1-20(2,24)13-15-7-9-16(10-8-15)17-5-4-12-23(14-17)19-18(21)6-3-11-22-19/h3,6-11,17,24H,4-5,12-14H2,1-2H3. The predicted molar refractivity (Wildman–Crippen MR) is 94.8 cm³/mol. The molecule has 128 valence electrons. The molecular weight excluding hydrogens is 303 g/mol. The van der Waals surface area contributed by atoms with Crippen LogP contribution in [0.25, 0.3) is 0 Å². The van der Waals surface area contributed by atoms with Gasteiger partial charge < -0.3 is 10.0 Å². The Hall–Kier alpha value is -1.94. The van der Waals surface area contributed by atoms with Crippen molar-refractivity contribution >= 4 is 5.82 Å². The lowest BCUT2D eigenvalue weighted by Crippen LogP contribution is -2.35. The summed E-state index contributed by atoms with van der Waals surface area (Å²) in [6.45, 7) is 5.28. The number of piperidine rings is 1. The van der Waals surface area contributed by atoms with Crippen molar-refractivity contribution in [2.75, 3.05) is 18.0 Å². The van der Waals surface area contributed by atoms with Crippen molar-refractivity contribution in [3.63, 3.8) is 0 Å². The third-order valence-electron chi connectivity index (χ3n) is 4.55. The van der Waals surface area contributed by atoms with E-state index in [4.69, 9.17) is 0 Å². The van der Waals surface area contributed by atoms with Crippen LogP contribution in [0.2, 0.25) is 0 Å². The van der Waals surface area contributed by atoms with E-state index in [1.165, 1.54) is 11.6 Å². The topological polar surface area (TPSA) is 36.4 Å². The minimum absolute atomic E-state index is 0.251. The van der Waals surface area contributed by atoms with Crippen LogP contribution in [-0.4, -0.2) is 28.8 Å². The van der Waals surface area contributed by atoms with E-state index in [1.54, 1.807) is 12.3 Å². The quantitative estimate of drug-likeness (QED) is 0.924. The van der Waals surface area contributed by atoms with E-state index in [0.717, 1.165) is 31.5 Å². The maximum atomic E-state index is 14.0. The number of hydrogen-bond acceptors (Lipinski definition) is 3. The summed E-state index contributed by atoms with van der Waals surface area (Å²) in [5.41, 5.74) is 1.71. The fourth-order valence-corrected chi connectivity index (χ4v) is 3.46. The first-order chi connectivity index (χ1) is 11.4. The first-order valence-electron chi connectivity index (χ1n) is 8.59. The summed E-state index contributed by atoms with van der Waals surface area (Å²) in [6, 6.07) is 11.6. The van der Waals surface area contributed by atoms with Gasteiger partial charge in [-0.05, 0) is 49.9 Å². The van der Waals surface area contributed by atoms with Crippen molar-refractivity contribution in [1.29, 1.82) is 0 Å². The van der Waals surface area contributed by atoms with E-state index >= 15 is 0 Å². The molecule has 2 aromatic rings. The monoisotopic (exact) mass is 328 g/mol. The summed E-state index contributed by atoms with van der Waals surface area (Å²) in [5, 5.41) is 9.93. The van der Waals surface area contributed by atoms with Crippen LogP contribution in [0.1, 0.15) is 43.7 Å². The van der Waals surface area contributed by atoms with Crippen molar-refractivity contribution in [1.82, 2.24) is 4.98 Å². The van der Waals surface area contributed by atoms with Crippen LogP contribution < -0.4 is 4.90 Å². The summed E-state index contributed by atoms with van der Waals surface area (Å²) in [7, 11) is 0. The summed E-state index contributed by atoms with van der Waals surface area (Å²) in [6.07, 6.45) is 4.43. The molecule has 3 nitrogen and oxygen atoms in total. The molecule has 1 aliphatic rings. The zero-order valence-electron chi connectivity index (χ0n) is 14.4. The minimum atomic E-state index is -0.695. The lowest BCUT2D eigenvalue weighted by molar-refractivity contribution is 0.0810. The van der Waals surface area contributed by atoms with Crippen LogP contribution in [-0.2, 0) is 6.42 Å². The molecule has 0 radical (unpaired) electrons. The van der Waals surface area contributed by atoms with Crippen LogP contribution in [0, 0.1) is 5.82 Å². The highest BCUT2D eigenvalue weighted by atomic mass is 19.1. The number of anilines is 1. The molecule has 0 aliphatic carbocycles. The number of hydrogen-bond donors (Lipinski definition) is 1. The van der Waals surface area contributed by atoms with Crippen LogP contribution in [0.3, 0.4) is 0 Å². The average molecular weight is 328 g/mol. The first kappa shape index (κ1) is 16.9. The molecule has 1 N–H and O–H groups in total. The summed E-state index contributed by atoms with van der Waals surface area (Å²) >= 11 is 0. The Morgan fingerprint density at radius 2 is 2.00 bits per heavy atom. The Labute approximate surface area is 143 Å². The largest absolute Gasteiger partial charge is 0.390 e. The smallest absolute Gasteiger partial charge is 0.165 e. The Bertz CT molecular complexity index is 679. The van der Waals surface area contributed by atoms with Crippen molar-refractivity contribution < 1.29 is 9.50 Å². The van der Waals surface area contributed by atoms with Gasteiger partial charge in [-0.3, -0.25) is 0 Å². The normalized spacial score (nSPS) is 18.7. The Morgan fingerprint density at radius 3 is 2.67 bits per heavy atom. The van der Waals surface area contributed by atoms with Gasteiger partial charge in [-0.15, -0.1) is 0 Å². The van der Waals surface area contributed by atoms with Gasteiger partial charge in [-0.2, -0.15) is 0 Å². The van der Waals surface area contributed by atoms with E-state index in [0.29, 0.717) is 18.2 Å². The number of nitrogens with zero attached hydrogens (tertiary/aromatic N) is 2. The molecule has 0 amide bonds. The second-order valence-corrected chi connectivity index (χ2v) is 7.32. The SMILES string of the molecule is CC(C)(O)Cc1ccc(C2CCCN(c3ncccc3F)C2)cc1. The molecule has 1 fully saturated rings. The molecule has 0 bridgehead atoms. The second kappa shape index (κ2) is 6.89. The molecular formula is C20H25FN2O. The lowest BCUT2D eigenvalue weighted by Gasteiger charge is -2.34. The van der Waals surface area contributed by atoms with Gasteiger partial charge >= 0.3 is 0 Å². The fourth-order valence-electron chi connectivity index (χ4n) is 3.46. The van der Waals surface area contributed by atoms with Gasteiger partial charge in [-0.1, -0.05) is 24.3 Å². The van der Waals surface area contributed by atoms with E-state index in [-0.39, 0.29) is 5.82 Å². The van der Waals surface area contributed by atoms with Gasteiger partial charge in [0.15, 0.2) is 11.6 Å². The molecule has 1 aromatic heterocycles. The Balaban J connectivity index is 1.72. The molecule has 0 saturated carbocycles. The van der Waals surface area contributed by atoms with E-state index in [2.05, 4.69) is 29.2 Å². The molecule has 3 rings (SSSR count). The number of aliphatic hydroxyl groups is 1. The van der Waals surface area contributed by atoms with Gasteiger partial charge in [0.1, 0.15) is 0 Å². The Morgan fingerprint density at radius 1 is 1.25 bits per heavy atom. The molecule has 1 aromatic carbocycles. The molecule has 0 spiro atoms. The highest BCUT2D eigenvalue weighted by molar-refractivity contribution is 5.41. The predicted octanol–water partition coefficient (Wildman–Crippen LogP) is 3.92.